The SMILES string of the molecule is CNC(c1ccc(OC)c(C)c1)C1CCCCC1. The van der Waals surface area contributed by atoms with Crippen LogP contribution in [0, 0.1) is 12.8 Å². The lowest BCUT2D eigenvalue weighted by atomic mass is 9.81. The van der Waals surface area contributed by atoms with Gasteiger partial charge in [-0.2, -0.15) is 0 Å². The molecular formula is C16H25NO. The molecule has 0 saturated heterocycles. The van der Waals surface area contributed by atoms with Crippen molar-refractivity contribution in [3.63, 3.8) is 0 Å². The van der Waals surface area contributed by atoms with E-state index in [0.29, 0.717) is 6.04 Å². The van der Waals surface area contributed by atoms with Crippen molar-refractivity contribution in [2.75, 3.05) is 14.2 Å². The molecule has 1 atom stereocenters. The molecule has 2 heteroatoms. The molecule has 2 nitrogen and oxygen atoms in total. The summed E-state index contributed by atoms with van der Waals surface area (Å²) in [4.78, 5) is 0. The highest BCUT2D eigenvalue weighted by atomic mass is 16.5. The van der Waals surface area contributed by atoms with E-state index in [1.807, 2.05) is 0 Å². The summed E-state index contributed by atoms with van der Waals surface area (Å²) in [5, 5.41) is 3.51. The highest BCUT2D eigenvalue weighted by Gasteiger charge is 2.23. The molecule has 1 unspecified atom stereocenters. The van der Waals surface area contributed by atoms with Gasteiger partial charge in [0, 0.05) is 6.04 Å². The highest BCUT2D eigenvalue weighted by molar-refractivity contribution is 5.37. The molecule has 18 heavy (non-hydrogen) atoms. The van der Waals surface area contributed by atoms with E-state index < -0.39 is 0 Å². The molecule has 0 aliphatic heterocycles. The standard InChI is InChI=1S/C16H25NO/c1-12-11-14(9-10-15(12)18-3)16(17-2)13-7-5-4-6-8-13/h9-11,13,16-17H,4-8H2,1-3H3. The normalized spacial score (nSPS) is 18.6. The third-order valence-electron chi connectivity index (χ3n) is 4.21. The van der Waals surface area contributed by atoms with Gasteiger partial charge in [-0.05, 0) is 49.9 Å². The molecule has 1 aliphatic rings. The predicted molar refractivity (Wildman–Crippen MR) is 76.1 cm³/mol. The van der Waals surface area contributed by atoms with Gasteiger partial charge in [0.15, 0.2) is 0 Å². The molecule has 0 amide bonds. The summed E-state index contributed by atoms with van der Waals surface area (Å²) in [5.41, 5.74) is 2.63. The molecule has 1 saturated carbocycles. The van der Waals surface area contributed by atoms with Crippen molar-refractivity contribution < 1.29 is 4.74 Å². The first-order chi connectivity index (χ1) is 8.76. The van der Waals surface area contributed by atoms with Crippen LogP contribution >= 0.6 is 0 Å². The van der Waals surface area contributed by atoms with Crippen LogP contribution in [0.4, 0.5) is 0 Å². The molecule has 100 valence electrons. The van der Waals surface area contributed by atoms with Crippen LogP contribution in [0.15, 0.2) is 18.2 Å². The van der Waals surface area contributed by atoms with E-state index in [9.17, 15) is 0 Å². The highest BCUT2D eigenvalue weighted by Crippen LogP contribution is 2.35. The number of benzene rings is 1. The van der Waals surface area contributed by atoms with E-state index in [0.717, 1.165) is 11.7 Å². The Hall–Kier alpha value is -1.02. The fourth-order valence-electron chi connectivity index (χ4n) is 3.24. The lowest BCUT2D eigenvalue weighted by Gasteiger charge is -2.30. The summed E-state index contributed by atoms with van der Waals surface area (Å²) >= 11 is 0. The van der Waals surface area contributed by atoms with Crippen LogP contribution < -0.4 is 10.1 Å². The minimum Gasteiger partial charge on any atom is -0.496 e. The first kappa shape index (κ1) is 13.4. The minimum absolute atomic E-state index is 0.495. The lowest BCUT2D eigenvalue weighted by molar-refractivity contribution is 0.281. The quantitative estimate of drug-likeness (QED) is 0.872. The van der Waals surface area contributed by atoms with Crippen LogP contribution in [0.2, 0.25) is 0 Å². The van der Waals surface area contributed by atoms with Gasteiger partial charge < -0.3 is 10.1 Å². The van der Waals surface area contributed by atoms with Gasteiger partial charge in [0.25, 0.3) is 0 Å². The Kier molecular flexibility index (Phi) is 4.65. The molecule has 0 bridgehead atoms. The molecule has 0 radical (unpaired) electrons. The molecule has 0 heterocycles. The molecule has 1 N–H and O–H groups in total. The van der Waals surface area contributed by atoms with Crippen LogP contribution in [-0.4, -0.2) is 14.2 Å². The number of hydrogen-bond donors (Lipinski definition) is 1. The second-order valence-corrected chi connectivity index (χ2v) is 5.39. The van der Waals surface area contributed by atoms with Crippen LogP contribution in [0.5, 0.6) is 5.75 Å². The van der Waals surface area contributed by atoms with Crippen LogP contribution in [-0.2, 0) is 0 Å². The molecule has 0 spiro atoms. The second kappa shape index (κ2) is 6.24. The van der Waals surface area contributed by atoms with Gasteiger partial charge >= 0.3 is 0 Å². The number of rotatable bonds is 4. The van der Waals surface area contributed by atoms with Gasteiger partial charge in [-0.1, -0.05) is 31.4 Å². The summed E-state index contributed by atoms with van der Waals surface area (Å²) < 4.78 is 5.34. The second-order valence-electron chi connectivity index (χ2n) is 5.39. The van der Waals surface area contributed by atoms with E-state index in [4.69, 9.17) is 4.74 Å². The third-order valence-corrected chi connectivity index (χ3v) is 4.21. The zero-order chi connectivity index (χ0) is 13.0. The Bertz CT molecular complexity index is 383. The topological polar surface area (TPSA) is 21.3 Å². The van der Waals surface area contributed by atoms with Gasteiger partial charge in [0.1, 0.15) is 5.75 Å². The predicted octanol–water partition coefficient (Wildman–Crippen LogP) is 3.84. The van der Waals surface area contributed by atoms with Gasteiger partial charge in [0.05, 0.1) is 7.11 Å². The minimum atomic E-state index is 0.495. The summed E-state index contributed by atoms with van der Waals surface area (Å²) in [6, 6.07) is 7.07. The van der Waals surface area contributed by atoms with Crippen molar-refractivity contribution in [1.29, 1.82) is 0 Å². The zero-order valence-corrected chi connectivity index (χ0v) is 11.8. The number of ether oxygens (including phenoxy) is 1. The molecule has 1 fully saturated rings. The Morgan fingerprint density at radius 1 is 1.22 bits per heavy atom. The molecule has 1 aromatic rings. The largest absolute Gasteiger partial charge is 0.496 e. The summed E-state index contributed by atoms with van der Waals surface area (Å²) in [5.74, 6) is 1.77. The average Bonchev–Trinajstić information content (AvgIpc) is 2.41. The average molecular weight is 247 g/mol. The Morgan fingerprint density at radius 3 is 2.50 bits per heavy atom. The van der Waals surface area contributed by atoms with Crippen LogP contribution in [0.1, 0.15) is 49.3 Å². The number of hydrogen-bond acceptors (Lipinski definition) is 2. The molecule has 0 aromatic heterocycles. The monoisotopic (exact) mass is 247 g/mol. The smallest absolute Gasteiger partial charge is 0.121 e. The van der Waals surface area contributed by atoms with Crippen molar-refractivity contribution in [3.8, 4) is 5.75 Å². The van der Waals surface area contributed by atoms with Gasteiger partial charge in [-0.15, -0.1) is 0 Å². The summed E-state index contributed by atoms with van der Waals surface area (Å²) in [6.07, 6.45) is 6.90. The van der Waals surface area contributed by atoms with E-state index >= 15 is 0 Å². The van der Waals surface area contributed by atoms with Crippen molar-refractivity contribution in [1.82, 2.24) is 5.32 Å². The van der Waals surface area contributed by atoms with E-state index in [1.54, 1.807) is 7.11 Å². The molecule has 1 aromatic carbocycles. The van der Waals surface area contributed by atoms with Crippen molar-refractivity contribution in [3.05, 3.63) is 29.3 Å². The maximum atomic E-state index is 5.34. The first-order valence-corrected chi connectivity index (χ1v) is 7.08. The Labute approximate surface area is 111 Å². The zero-order valence-electron chi connectivity index (χ0n) is 11.8. The summed E-state index contributed by atoms with van der Waals surface area (Å²) in [6.45, 7) is 2.12. The van der Waals surface area contributed by atoms with E-state index in [1.165, 1.54) is 43.2 Å². The number of methoxy groups -OCH3 is 1. The molecule has 2 rings (SSSR count). The summed E-state index contributed by atoms with van der Waals surface area (Å²) in [7, 11) is 3.82. The molecule has 1 aliphatic carbocycles. The maximum Gasteiger partial charge on any atom is 0.121 e. The van der Waals surface area contributed by atoms with E-state index in [-0.39, 0.29) is 0 Å². The fourth-order valence-corrected chi connectivity index (χ4v) is 3.24. The maximum absolute atomic E-state index is 5.34. The number of aryl methyl sites for hydroxylation is 1. The third kappa shape index (κ3) is 2.86. The lowest BCUT2D eigenvalue weighted by Crippen LogP contribution is -2.27. The van der Waals surface area contributed by atoms with Crippen LogP contribution in [0.25, 0.3) is 0 Å². The van der Waals surface area contributed by atoms with Crippen molar-refractivity contribution >= 4 is 0 Å². The van der Waals surface area contributed by atoms with Gasteiger partial charge in [-0.3, -0.25) is 0 Å². The molecular weight excluding hydrogens is 222 g/mol. The van der Waals surface area contributed by atoms with Gasteiger partial charge in [-0.25, -0.2) is 0 Å². The number of nitrogens with one attached hydrogen (secondary N) is 1. The first-order valence-electron chi connectivity index (χ1n) is 7.08. The van der Waals surface area contributed by atoms with Gasteiger partial charge in [0.2, 0.25) is 0 Å². The van der Waals surface area contributed by atoms with E-state index in [2.05, 4.69) is 37.5 Å². The Morgan fingerprint density at radius 2 is 1.94 bits per heavy atom. The van der Waals surface area contributed by atoms with Crippen molar-refractivity contribution in [2.45, 2.75) is 45.1 Å². The van der Waals surface area contributed by atoms with Crippen LogP contribution in [0.3, 0.4) is 0 Å². The Balaban J connectivity index is 2.18. The van der Waals surface area contributed by atoms with Crippen molar-refractivity contribution in [2.24, 2.45) is 5.92 Å². The fraction of sp³-hybridized carbons (Fsp3) is 0.625.